The molecule has 0 radical (unpaired) electrons. The molecule has 4 nitrogen and oxygen atoms in total. The Balaban J connectivity index is 2.69. The summed E-state index contributed by atoms with van der Waals surface area (Å²) in [7, 11) is 1.61. The molecule has 0 atom stereocenters. The van der Waals surface area contributed by atoms with Gasteiger partial charge in [-0.15, -0.1) is 0 Å². The third-order valence-corrected chi connectivity index (χ3v) is 1.75. The number of aromatic nitrogens is 2. The largest absolute Gasteiger partial charge is 0.495 e. The van der Waals surface area contributed by atoms with E-state index in [-0.39, 0.29) is 0 Å². The predicted molar refractivity (Wildman–Crippen MR) is 47.1 cm³/mol. The van der Waals surface area contributed by atoms with Crippen molar-refractivity contribution in [1.82, 2.24) is 9.97 Å². The quantitative estimate of drug-likeness (QED) is 0.662. The fourth-order valence-corrected chi connectivity index (χ4v) is 1.12. The lowest BCUT2D eigenvalue weighted by atomic mass is 10.3. The molecule has 0 bridgehead atoms. The van der Waals surface area contributed by atoms with Crippen LogP contribution in [-0.2, 0) is 0 Å². The number of hydrogen-bond donors (Lipinski definition) is 2. The number of nitrogens with zero attached hydrogens (tertiary/aromatic N) is 1. The number of fused-ring (bicyclic) bond motifs is 1. The van der Waals surface area contributed by atoms with Crippen molar-refractivity contribution in [2.45, 2.75) is 0 Å². The highest BCUT2D eigenvalue weighted by Gasteiger charge is 2.01. The number of nitrogen functional groups attached to an aromatic ring is 1. The van der Waals surface area contributed by atoms with Crippen molar-refractivity contribution >= 4 is 16.7 Å². The summed E-state index contributed by atoms with van der Waals surface area (Å²) in [6.45, 7) is 0. The summed E-state index contributed by atoms with van der Waals surface area (Å²) in [5, 5.41) is 0. The third-order valence-electron chi connectivity index (χ3n) is 1.75. The Kier molecular flexibility index (Phi) is 1.40. The lowest BCUT2D eigenvalue weighted by Crippen LogP contribution is -1.86. The van der Waals surface area contributed by atoms with Gasteiger partial charge in [0.25, 0.3) is 0 Å². The summed E-state index contributed by atoms with van der Waals surface area (Å²) in [5.41, 5.74) is 7.98. The Morgan fingerprint density at radius 2 is 2.42 bits per heavy atom. The number of nitrogens with two attached hydrogens (primary N) is 1. The van der Waals surface area contributed by atoms with Gasteiger partial charge in [-0.3, -0.25) is 0 Å². The fraction of sp³-hybridized carbons (Fsp3) is 0.125. The van der Waals surface area contributed by atoms with Gasteiger partial charge >= 0.3 is 0 Å². The molecule has 0 amide bonds. The van der Waals surface area contributed by atoms with Crippen molar-refractivity contribution in [2.24, 2.45) is 0 Å². The number of H-pyrrole nitrogens is 1. The van der Waals surface area contributed by atoms with Crippen LogP contribution in [0.2, 0.25) is 0 Å². The van der Waals surface area contributed by atoms with Crippen LogP contribution in [0, 0.1) is 0 Å². The summed E-state index contributed by atoms with van der Waals surface area (Å²) in [6, 6.07) is 1.86. The van der Waals surface area contributed by atoms with Gasteiger partial charge in [-0.25, -0.2) is 4.98 Å². The van der Waals surface area contributed by atoms with Crippen LogP contribution in [0.3, 0.4) is 0 Å². The van der Waals surface area contributed by atoms with Crippen LogP contribution in [0.1, 0.15) is 0 Å². The Hall–Kier alpha value is -1.71. The minimum Gasteiger partial charge on any atom is -0.495 e. The van der Waals surface area contributed by atoms with Crippen LogP contribution in [0.25, 0.3) is 11.0 Å². The van der Waals surface area contributed by atoms with Gasteiger partial charge in [-0.2, -0.15) is 0 Å². The maximum Gasteiger partial charge on any atom is 0.139 e. The van der Waals surface area contributed by atoms with Gasteiger partial charge in [-0.1, -0.05) is 0 Å². The highest BCUT2D eigenvalue weighted by atomic mass is 16.5. The van der Waals surface area contributed by atoms with Gasteiger partial charge in [0.05, 0.1) is 24.5 Å². The van der Waals surface area contributed by atoms with E-state index in [1.807, 2.05) is 6.07 Å². The first kappa shape index (κ1) is 6.97. The second-order valence-corrected chi connectivity index (χ2v) is 2.52. The zero-order valence-electron chi connectivity index (χ0n) is 6.66. The minimum atomic E-state index is 0.660. The molecule has 0 saturated heterocycles. The average Bonchev–Trinajstić information content (AvgIpc) is 2.47. The molecule has 0 aliphatic carbocycles. The first-order valence-electron chi connectivity index (χ1n) is 3.58. The van der Waals surface area contributed by atoms with Gasteiger partial charge in [0.15, 0.2) is 0 Å². The minimum absolute atomic E-state index is 0.660. The molecule has 0 aromatic carbocycles. The summed E-state index contributed by atoms with van der Waals surface area (Å²) < 4.78 is 5.01. The Labute approximate surface area is 69.4 Å². The fourth-order valence-electron chi connectivity index (χ4n) is 1.12. The number of hydrogen-bond acceptors (Lipinski definition) is 3. The van der Waals surface area contributed by atoms with Crippen molar-refractivity contribution in [1.29, 1.82) is 0 Å². The van der Waals surface area contributed by atoms with E-state index in [0.717, 1.165) is 16.8 Å². The highest BCUT2D eigenvalue weighted by Crippen LogP contribution is 2.21. The number of aromatic amines is 1. The van der Waals surface area contributed by atoms with Gasteiger partial charge in [0, 0.05) is 12.3 Å². The van der Waals surface area contributed by atoms with Crippen LogP contribution in [0.4, 0.5) is 5.69 Å². The van der Waals surface area contributed by atoms with E-state index in [9.17, 15) is 0 Å². The topological polar surface area (TPSA) is 63.9 Å². The van der Waals surface area contributed by atoms with E-state index in [0.29, 0.717) is 5.69 Å². The van der Waals surface area contributed by atoms with Crippen LogP contribution < -0.4 is 10.5 Å². The van der Waals surface area contributed by atoms with Crippen molar-refractivity contribution in [3.8, 4) is 5.75 Å². The van der Waals surface area contributed by atoms with Crippen molar-refractivity contribution in [3.63, 3.8) is 0 Å². The predicted octanol–water partition coefficient (Wildman–Crippen LogP) is 1.15. The van der Waals surface area contributed by atoms with Crippen LogP contribution >= 0.6 is 0 Å². The molecular weight excluding hydrogens is 154 g/mol. The van der Waals surface area contributed by atoms with Gasteiger partial charge < -0.3 is 15.5 Å². The average molecular weight is 163 g/mol. The van der Waals surface area contributed by atoms with Crippen LogP contribution in [0.15, 0.2) is 18.5 Å². The maximum atomic E-state index is 5.63. The molecule has 3 N–H and O–H groups in total. The third kappa shape index (κ3) is 0.887. The van der Waals surface area contributed by atoms with E-state index in [1.165, 1.54) is 0 Å². The second kappa shape index (κ2) is 2.41. The van der Waals surface area contributed by atoms with E-state index >= 15 is 0 Å². The second-order valence-electron chi connectivity index (χ2n) is 2.52. The number of nitrogens with one attached hydrogen (secondary N) is 1. The molecule has 4 heteroatoms. The zero-order chi connectivity index (χ0) is 8.55. The van der Waals surface area contributed by atoms with E-state index in [4.69, 9.17) is 10.5 Å². The number of rotatable bonds is 1. The molecule has 0 saturated carbocycles. The van der Waals surface area contributed by atoms with Gasteiger partial charge in [-0.05, 0) is 0 Å². The first-order chi connectivity index (χ1) is 5.81. The Morgan fingerprint density at radius 3 is 3.17 bits per heavy atom. The van der Waals surface area contributed by atoms with E-state index in [2.05, 4.69) is 9.97 Å². The highest BCUT2D eigenvalue weighted by molar-refractivity contribution is 5.87. The molecule has 0 spiro atoms. The summed E-state index contributed by atoms with van der Waals surface area (Å²) in [5.74, 6) is 0.726. The summed E-state index contributed by atoms with van der Waals surface area (Å²) >= 11 is 0. The summed E-state index contributed by atoms with van der Waals surface area (Å²) in [4.78, 5) is 7.13. The molecule has 12 heavy (non-hydrogen) atoms. The molecule has 0 aliphatic heterocycles. The normalized spacial score (nSPS) is 10.4. The van der Waals surface area contributed by atoms with Crippen molar-refractivity contribution in [2.75, 3.05) is 12.8 Å². The van der Waals surface area contributed by atoms with Crippen LogP contribution in [0.5, 0.6) is 5.75 Å². The lowest BCUT2D eigenvalue weighted by Gasteiger charge is -1.97. The van der Waals surface area contributed by atoms with Gasteiger partial charge in [0.1, 0.15) is 11.3 Å². The van der Waals surface area contributed by atoms with E-state index in [1.54, 1.807) is 19.5 Å². The van der Waals surface area contributed by atoms with Gasteiger partial charge in [0.2, 0.25) is 0 Å². The Morgan fingerprint density at radius 1 is 1.58 bits per heavy atom. The standard InChI is InChI=1S/C8H9N3O/c1-12-5-2-7-8(11-3-5)6(9)4-10-7/h2-4,10H,9H2,1H3. The molecule has 62 valence electrons. The zero-order valence-corrected chi connectivity index (χ0v) is 6.66. The molecular formula is C8H9N3O. The number of anilines is 1. The number of pyridine rings is 1. The molecule has 0 fully saturated rings. The SMILES string of the molecule is COc1cnc2c(N)c[nH]c2c1. The lowest BCUT2D eigenvalue weighted by molar-refractivity contribution is 0.413. The van der Waals surface area contributed by atoms with E-state index < -0.39 is 0 Å². The van der Waals surface area contributed by atoms with Crippen LogP contribution in [-0.4, -0.2) is 17.1 Å². The maximum absolute atomic E-state index is 5.63. The Bertz CT molecular complexity index is 408. The molecule has 0 unspecified atom stereocenters. The summed E-state index contributed by atoms with van der Waals surface area (Å²) in [6.07, 6.45) is 3.36. The van der Waals surface area contributed by atoms with Crippen molar-refractivity contribution in [3.05, 3.63) is 18.5 Å². The monoisotopic (exact) mass is 163 g/mol. The molecule has 2 aromatic rings. The first-order valence-corrected chi connectivity index (χ1v) is 3.58. The molecule has 2 aromatic heterocycles. The number of ether oxygens (including phenoxy) is 1. The molecule has 2 rings (SSSR count). The number of methoxy groups -OCH3 is 1. The van der Waals surface area contributed by atoms with Crippen molar-refractivity contribution < 1.29 is 4.74 Å². The molecule has 0 aliphatic rings. The smallest absolute Gasteiger partial charge is 0.139 e. The molecule has 2 heterocycles.